The number of nitrogens with zero attached hydrogens (tertiary/aromatic N) is 3. The Bertz CT molecular complexity index is 1040. The van der Waals surface area contributed by atoms with Crippen molar-refractivity contribution < 1.29 is 19.5 Å². The van der Waals surface area contributed by atoms with Gasteiger partial charge in [0.25, 0.3) is 5.91 Å². The van der Waals surface area contributed by atoms with Crippen LogP contribution >= 0.6 is 0 Å². The van der Waals surface area contributed by atoms with E-state index in [1.54, 1.807) is 53.9 Å². The van der Waals surface area contributed by atoms with E-state index in [1.807, 2.05) is 0 Å². The van der Waals surface area contributed by atoms with E-state index in [-0.39, 0.29) is 11.5 Å². The maximum Gasteiger partial charge on any atom is 0.325 e. The molecule has 1 aromatic carbocycles. The van der Waals surface area contributed by atoms with Crippen LogP contribution in [0.3, 0.4) is 0 Å². The summed E-state index contributed by atoms with van der Waals surface area (Å²) >= 11 is 0. The van der Waals surface area contributed by atoms with Crippen molar-refractivity contribution in [2.75, 3.05) is 5.32 Å². The van der Waals surface area contributed by atoms with Crippen LogP contribution in [0.2, 0.25) is 0 Å². The average Bonchev–Trinajstić information content (AvgIpc) is 3.12. The highest BCUT2D eigenvalue weighted by molar-refractivity contribution is 6.01. The van der Waals surface area contributed by atoms with Gasteiger partial charge in [-0.25, -0.2) is 0 Å². The first kappa shape index (κ1) is 19.0. The molecule has 9 heteroatoms. The van der Waals surface area contributed by atoms with E-state index in [0.717, 1.165) is 5.56 Å². The van der Waals surface area contributed by atoms with Crippen LogP contribution in [0.15, 0.2) is 42.6 Å². The monoisotopic (exact) mass is 381 g/mol. The zero-order valence-corrected chi connectivity index (χ0v) is 15.3. The number of carboxylic acid groups (broad SMARTS) is 1. The number of anilines is 1. The second-order valence-electron chi connectivity index (χ2n) is 6.15. The van der Waals surface area contributed by atoms with Crippen molar-refractivity contribution in [1.29, 1.82) is 0 Å². The van der Waals surface area contributed by atoms with Gasteiger partial charge < -0.3 is 15.7 Å². The van der Waals surface area contributed by atoms with Gasteiger partial charge in [-0.3, -0.25) is 18.8 Å². The molecule has 0 aliphatic heterocycles. The minimum atomic E-state index is -1.13. The zero-order valence-electron chi connectivity index (χ0n) is 15.3. The molecule has 0 saturated heterocycles. The third-order valence-corrected chi connectivity index (χ3v) is 4.15. The van der Waals surface area contributed by atoms with Crippen LogP contribution in [0.4, 0.5) is 5.69 Å². The average molecular weight is 381 g/mol. The minimum absolute atomic E-state index is 0.0769. The van der Waals surface area contributed by atoms with Crippen molar-refractivity contribution in [2.45, 2.75) is 26.3 Å². The third kappa shape index (κ3) is 3.83. The number of hydrogen-bond donors (Lipinski definition) is 3. The molecule has 144 valence electrons. The number of aliphatic carboxylic acids is 1. The van der Waals surface area contributed by atoms with Gasteiger partial charge in [0.1, 0.15) is 6.04 Å². The Kier molecular flexibility index (Phi) is 5.35. The minimum Gasteiger partial charge on any atom is -0.480 e. The lowest BCUT2D eigenvalue weighted by Gasteiger charge is -2.10. The Balaban J connectivity index is 1.91. The van der Waals surface area contributed by atoms with Crippen LogP contribution in [0, 0.1) is 0 Å². The molecule has 0 aliphatic rings. The number of carboxylic acids is 1. The molecule has 3 rings (SSSR count). The number of benzene rings is 1. The molecule has 9 nitrogen and oxygen atoms in total. The van der Waals surface area contributed by atoms with E-state index in [9.17, 15) is 14.4 Å². The standard InChI is InChI=1S/C19H19N5O4/c1-3-15(25)21-13-8-6-12(7-9-13)16-22-23-17-14(5-4-10-24(16)17)18(26)20-11(2)19(27)28/h4-11H,3H2,1-2H3,(H,20,26)(H,21,25)(H,27,28). The molecular formula is C19H19N5O4. The molecule has 2 heterocycles. The molecule has 2 aromatic heterocycles. The van der Waals surface area contributed by atoms with E-state index in [1.165, 1.54) is 6.92 Å². The summed E-state index contributed by atoms with van der Waals surface area (Å²) in [6.07, 6.45) is 2.11. The quantitative estimate of drug-likeness (QED) is 0.599. The second-order valence-corrected chi connectivity index (χ2v) is 6.15. The van der Waals surface area contributed by atoms with Crippen LogP contribution in [0.1, 0.15) is 30.6 Å². The first-order chi connectivity index (χ1) is 13.4. The zero-order chi connectivity index (χ0) is 20.3. The molecule has 0 bridgehead atoms. The molecule has 28 heavy (non-hydrogen) atoms. The lowest BCUT2D eigenvalue weighted by molar-refractivity contribution is -0.138. The maximum atomic E-state index is 12.4. The summed E-state index contributed by atoms with van der Waals surface area (Å²) in [5.41, 5.74) is 1.96. The molecular weight excluding hydrogens is 362 g/mol. The summed E-state index contributed by atoms with van der Waals surface area (Å²) in [6.45, 7) is 3.16. The van der Waals surface area contributed by atoms with Crippen molar-refractivity contribution in [2.24, 2.45) is 0 Å². The van der Waals surface area contributed by atoms with Gasteiger partial charge in [-0.2, -0.15) is 0 Å². The second kappa shape index (κ2) is 7.87. The molecule has 0 saturated carbocycles. The van der Waals surface area contributed by atoms with Crippen LogP contribution in [0.25, 0.3) is 17.0 Å². The Morgan fingerprint density at radius 2 is 1.86 bits per heavy atom. The first-order valence-electron chi connectivity index (χ1n) is 8.68. The number of pyridine rings is 1. The summed E-state index contributed by atoms with van der Waals surface area (Å²) in [4.78, 5) is 34.8. The van der Waals surface area contributed by atoms with Crippen LogP contribution in [-0.4, -0.2) is 43.5 Å². The Hall–Kier alpha value is -3.75. The predicted octanol–water partition coefficient (Wildman–Crippen LogP) is 1.95. The van der Waals surface area contributed by atoms with E-state index in [2.05, 4.69) is 20.8 Å². The molecule has 3 N–H and O–H groups in total. The number of aromatic nitrogens is 3. The van der Waals surface area contributed by atoms with Crippen molar-refractivity contribution in [1.82, 2.24) is 19.9 Å². The summed E-state index contributed by atoms with van der Waals surface area (Å²) < 4.78 is 1.65. The fourth-order valence-corrected chi connectivity index (χ4v) is 2.58. The highest BCUT2D eigenvalue weighted by atomic mass is 16.4. The van der Waals surface area contributed by atoms with Gasteiger partial charge in [0.05, 0.1) is 5.56 Å². The molecule has 0 aliphatic carbocycles. The van der Waals surface area contributed by atoms with Crippen molar-refractivity contribution in [3.8, 4) is 11.4 Å². The van der Waals surface area contributed by atoms with E-state index in [4.69, 9.17) is 5.11 Å². The normalized spacial score (nSPS) is 11.8. The van der Waals surface area contributed by atoms with Gasteiger partial charge in [-0.05, 0) is 43.3 Å². The summed E-state index contributed by atoms with van der Waals surface area (Å²) in [7, 11) is 0. The SMILES string of the molecule is CCC(=O)Nc1ccc(-c2nnc3c(C(=O)NC(C)C(=O)O)cccn23)cc1. The summed E-state index contributed by atoms with van der Waals surface area (Å²) in [5.74, 6) is -1.23. The van der Waals surface area contributed by atoms with Gasteiger partial charge in [0, 0.05) is 23.9 Å². The largest absolute Gasteiger partial charge is 0.480 e. The first-order valence-corrected chi connectivity index (χ1v) is 8.68. The Labute approximate surface area is 160 Å². The highest BCUT2D eigenvalue weighted by Crippen LogP contribution is 2.22. The van der Waals surface area contributed by atoms with Gasteiger partial charge in [0.15, 0.2) is 11.5 Å². The lowest BCUT2D eigenvalue weighted by atomic mass is 10.2. The number of carbonyl (C=O) groups excluding carboxylic acids is 2. The third-order valence-electron chi connectivity index (χ3n) is 4.15. The molecule has 1 atom stereocenters. The van der Waals surface area contributed by atoms with E-state index in [0.29, 0.717) is 23.6 Å². The molecule has 2 amide bonds. The number of amides is 2. The number of fused-ring (bicyclic) bond motifs is 1. The van der Waals surface area contributed by atoms with Crippen molar-refractivity contribution in [3.63, 3.8) is 0 Å². The van der Waals surface area contributed by atoms with Crippen LogP contribution < -0.4 is 10.6 Å². The summed E-state index contributed by atoms with van der Waals surface area (Å²) in [5, 5.41) is 22.4. The number of rotatable bonds is 6. The number of nitrogens with one attached hydrogen (secondary N) is 2. The maximum absolute atomic E-state index is 12.4. The predicted molar refractivity (Wildman–Crippen MR) is 102 cm³/mol. The van der Waals surface area contributed by atoms with Gasteiger partial charge in [0.2, 0.25) is 5.91 Å². The lowest BCUT2D eigenvalue weighted by Crippen LogP contribution is -2.38. The molecule has 1 unspecified atom stereocenters. The Morgan fingerprint density at radius 1 is 1.14 bits per heavy atom. The van der Waals surface area contributed by atoms with Crippen LogP contribution in [-0.2, 0) is 9.59 Å². The van der Waals surface area contributed by atoms with Crippen LogP contribution in [0.5, 0.6) is 0 Å². The van der Waals surface area contributed by atoms with Gasteiger partial charge in [-0.15, -0.1) is 10.2 Å². The van der Waals surface area contributed by atoms with Gasteiger partial charge in [-0.1, -0.05) is 6.92 Å². The molecule has 0 radical (unpaired) electrons. The smallest absolute Gasteiger partial charge is 0.325 e. The molecule has 0 spiro atoms. The highest BCUT2D eigenvalue weighted by Gasteiger charge is 2.19. The number of hydrogen-bond acceptors (Lipinski definition) is 5. The van der Waals surface area contributed by atoms with E-state index >= 15 is 0 Å². The fourth-order valence-electron chi connectivity index (χ4n) is 2.58. The Morgan fingerprint density at radius 3 is 2.50 bits per heavy atom. The summed E-state index contributed by atoms with van der Waals surface area (Å²) in [6, 6.07) is 9.30. The molecule has 0 fully saturated rings. The van der Waals surface area contributed by atoms with Crippen molar-refractivity contribution >= 4 is 29.1 Å². The topological polar surface area (TPSA) is 126 Å². The number of carbonyl (C=O) groups is 3. The van der Waals surface area contributed by atoms with Crippen molar-refractivity contribution in [3.05, 3.63) is 48.2 Å². The van der Waals surface area contributed by atoms with Gasteiger partial charge >= 0.3 is 5.97 Å². The fraction of sp³-hybridized carbons (Fsp3) is 0.211. The van der Waals surface area contributed by atoms with E-state index < -0.39 is 17.9 Å². The molecule has 3 aromatic rings.